The Morgan fingerprint density at radius 2 is 1.84 bits per heavy atom. The SMILES string of the molecule is CCC/C=C/c1cnc(C(C)(C)C)cc1C(F)(F)F. The monoisotopic (exact) mass is 271 g/mol. The lowest BCUT2D eigenvalue weighted by Crippen LogP contribution is -2.17. The highest BCUT2D eigenvalue weighted by Gasteiger charge is 2.34. The summed E-state index contributed by atoms with van der Waals surface area (Å²) >= 11 is 0. The van der Waals surface area contributed by atoms with E-state index in [2.05, 4.69) is 4.98 Å². The fourth-order valence-electron chi connectivity index (χ4n) is 1.63. The highest BCUT2D eigenvalue weighted by atomic mass is 19.4. The van der Waals surface area contributed by atoms with Crippen molar-refractivity contribution in [1.82, 2.24) is 4.98 Å². The van der Waals surface area contributed by atoms with Gasteiger partial charge in [0.2, 0.25) is 0 Å². The molecule has 0 N–H and O–H groups in total. The molecule has 0 saturated carbocycles. The third-order valence-electron chi connectivity index (χ3n) is 2.76. The van der Waals surface area contributed by atoms with E-state index in [0.29, 0.717) is 5.69 Å². The molecule has 0 spiro atoms. The summed E-state index contributed by atoms with van der Waals surface area (Å²) in [6, 6.07) is 1.16. The molecule has 0 atom stereocenters. The second-order valence-electron chi connectivity index (χ2n) is 5.60. The highest BCUT2D eigenvalue weighted by Crippen LogP contribution is 2.34. The predicted molar refractivity (Wildman–Crippen MR) is 71.9 cm³/mol. The molecule has 4 heteroatoms. The Balaban J connectivity index is 3.26. The minimum atomic E-state index is -4.35. The van der Waals surface area contributed by atoms with Gasteiger partial charge in [-0.1, -0.05) is 46.3 Å². The summed E-state index contributed by atoms with van der Waals surface area (Å²) in [7, 11) is 0. The van der Waals surface area contributed by atoms with E-state index in [1.54, 1.807) is 6.08 Å². The number of halogens is 3. The van der Waals surface area contributed by atoms with E-state index in [4.69, 9.17) is 0 Å². The quantitative estimate of drug-likeness (QED) is 0.735. The van der Waals surface area contributed by atoms with Crippen molar-refractivity contribution >= 4 is 6.08 Å². The van der Waals surface area contributed by atoms with Crippen LogP contribution < -0.4 is 0 Å². The molecule has 0 saturated heterocycles. The van der Waals surface area contributed by atoms with Crippen LogP contribution in [0, 0.1) is 0 Å². The van der Waals surface area contributed by atoms with Crippen LogP contribution in [0.2, 0.25) is 0 Å². The molecule has 1 aromatic rings. The van der Waals surface area contributed by atoms with Crippen LogP contribution >= 0.6 is 0 Å². The maximum atomic E-state index is 13.1. The Labute approximate surface area is 112 Å². The van der Waals surface area contributed by atoms with E-state index < -0.39 is 17.2 Å². The van der Waals surface area contributed by atoms with E-state index in [1.807, 2.05) is 27.7 Å². The molecule has 1 aromatic heterocycles. The molecule has 0 fully saturated rings. The molecule has 0 amide bonds. The van der Waals surface area contributed by atoms with Gasteiger partial charge in [0.15, 0.2) is 0 Å². The van der Waals surface area contributed by atoms with Crippen molar-refractivity contribution in [2.24, 2.45) is 0 Å². The minimum Gasteiger partial charge on any atom is -0.260 e. The third-order valence-corrected chi connectivity index (χ3v) is 2.76. The molecular weight excluding hydrogens is 251 g/mol. The Hall–Kier alpha value is -1.32. The summed E-state index contributed by atoms with van der Waals surface area (Å²) in [5.74, 6) is 0. The standard InChI is InChI=1S/C15H20F3N/c1-5-6-7-8-11-10-19-13(14(2,3)4)9-12(11)15(16,17)18/h7-10H,5-6H2,1-4H3/b8-7+. The largest absolute Gasteiger partial charge is 0.417 e. The number of hydrogen-bond donors (Lipinski definition) is 0. The van der Waals surface area contributed by atoms with E-state index >= 15 is 0 Å². The Morgan fingerprint density at radius 3 is 2.32 bits per heavy atom. The van der Waals surface area contributed by atoms with Gasteiger partial charge >= 0.3 is 6.18 Å². The smallest absolute Gasteiger partial charge is 0.260 e. The lowest BCUT2D eigenvalue weighted by Gasteiger charge is -2.20. The first kappa shape index (κ1) is 15.7. The number of rotatable bonds is 3. The van der Waals surface area contributed by atoms with Crippen molar-refractivity contribution in [2.75, 3.05) is 0 Å². The normalized spacial score (nSPS) is 13.2. The molecular formula is C15H20F3N. The number of nitrogens with zero attached hydrogens (tertiary/aromatic N) is 1. The van der Waals surface area contributed by atoms with Crippen molar-refractivity contribution in [1.29, 1.82) is 0 Å². The average Bonchev–Trinajstić information content (AvgIpc) is 2.27. The molecule has 0 aromatic carbocycles. The van der Waals surface area contributed by atoms with E-state index in [9.17, 15) is 13.2 Å². The second kappa shape index (κ2) is 5.76. The third kappa shape index (κ3) is 4.37. The molecule has 1 rings (SSSR count). The summed E-state index contributed by atoms with van der Waals surface area (Å²) in [4.78, 5) is 4.15. The topological polar surface area (TPSA) is 12.9 Å². The second-order valence-corrected chi connectivity index (χ2v) is 5.60. The number of hydrogen-bond acceptors (Lipinski definition) is 1. The lowest BCUT2D eigenvalue weighted by molar-refractivity contribution is -0.137. The zero-order valence-corrected chi connectivity index (χ0v) is 11.8. The molecule has 1 heterocycles. The van der Waals surface area contributed by atoms with Crippen LogP contribution in [-0.2, 0) is 11.6 Å². The summed E-state index contributed by atoms with van der Waals surface area (Å²) < 4.78 is 39.2. The first-order valence-electron chi connectivity index (χ1n) is 6.40. The Bertz CT molecular complexity index is 453. The van der Waals surface area contributed by atoms with Crippen LogP contribution in [0.3, 0.4) is 0 Å². The van der Waals surface area contributed by atoms with Gasteiger partial charge in [-0.25, -0.2) is 0 Å². The average molecular weight is 271 g/mol. The summed E-state index contributed by atoms with van der Waals surface area (Å²) in [6.07, 6.45) is 1.89. The van der Waals surface area contributed by atoms with Gasteiger partial charge in [-0.05, 0) is 12.5 Å². The van der Waals surface area contributed by atoms with Gasteiger partial charge < -0.3 is 0 Å². The first-order valence-corrected chi connectivity index (χ1v) is 6.40. The van der Waals surface area contributed by atoms with Gasteiger partial charge in [0.1, 0.15) is 0 Å². The maximum Gasteiger partial charge on any atom is 0.417 e. The van der Waals surface area contributed by atoms with Crippen molar-refractivity contribution in [3.8, 4) is 0 Å². The van der Waals surface area contributed by atoms with Gasteiger partial charge in [-0.2, -0.15) is 13.2 Å². The van der Waals surface area contributed by atoms with Crippen LogP contribution in [-0.4, -0.2) is 4.98 Å². The highest BCUT2D eigenvalue weighted by molar-refractivity contribution is 5.54. The number of allylic oxidation sites excluding steroid dienone is 1. The van der Waals surface area contributed by atoms with Crippen LogP contribution in [0.5, 0.6) is 0 Å². The van der Waals surface area contributed by atoms with E-state index in [0.717, 1.165) is 18.9 Å². The summed E-state index contributed by atoms with van der Waals surface area (Å²) in [5.41, 5.74) is -0.424. The lowest BCUT2D eigenvalue weighted by atomic mass is 9.90. The van der Waals surface area contributed by atoms with Crippen molar-refractivity contribution in [3.05, 3.63) is 35.2 Å². The minimum absolute atomic E-state index is 0.133. The van der Waals surface area contributed by atoms with Gasteiger partial charge in [-0.15, -0.1) is 0 Å². The molecule has 0 aliphatic rings. The van der Waals surface area contributed by atoms with Crippen molar-refractivity contribution < 1.29 is 13.2 Å². The van der Waals surface area contributed by atoms with Crippen LogP contribution in [0.25, 0.3) is 6.08 Å². The Morgan fingerprint density at radius 1 is 1.21 bits per heavy atom. The van der Waals surface area contributed by atoms with E-state index in [-0.39, 0.29) is 5.56 Å². The predicted octanol–water partition coefficient (Wildman–Crippen LogP) is 5.21. The van der Waals surface area contributed by atoms with Gasteiger partial charge in [0.25, 0.3) is 0 Å². The molecule has 1 nitrogen and oxygen atoms in total. The maximum absolute atomic E-state index is 13.1. The van der Waals surface area contributed by atoms with Crippen LogP contribution in [0.1, 0.15) is 57.4 Å². The number of unbranched alkanes of at least 4 members (excludes halogenated alkanes) is 1. The molecule has 0 aliphatic carbocycles. The fraction of sp³-hybridized carbons (Fsp3) is 0.533. The molecule has 0 aliphatic heterocycles. The van der Waals surface area contributed by atoms with Crippen molar-refractivity contribution in [2.45, 2.75) is 52.1 Å². The first-order chi connectivity index (χ1) is 8.66. The fourth-order valence-corrected chi connectivity index (χ4v) is 1.63. The zero-order chi connectivity index (χ0) is 14.7. The summed E-state index contributed by atoms with van der Waals surface area (Å²) in [6.45, 7) is 7.53. The van der Waals surface area contributed by atoms with Gasteiger partial charge in [0.05, 0.1) is 5.56 Å². The van der Waals surface area contributed by atoms with Gasteiger partial charge in [0, 0.05) is 22.9 Å². The number of aromatic nitrogens is 1. The Kier molecular flexibility index (Phi) is 4.77. The van der Waals surface area contributed by atoms with Crippen LogP contribution in [0.15, 0.2) is 18.3 Å². The molecule has 0 bridgehead atoms. The van der Waals surface area contributed by atoms with Gasteiger partial charge in [-0.3, -0.25) is 4.98 Å². The number of pyridine rings is 1. The number of alkyl halides is 3. The summed E-state index contributed by atoms with van der Waals surface area (Å²) in [5, 5.41) is 0. The molecule has 0 unspecified atom stereocenters. The zero-order valence-electron chi connectivity index (χ0n) is 11.8. The van der Waals surface area contributed by atoms with E-state index in [1.165, 1.54) is 12.3 Å². The molecule has 106 valence electrons. The molecule has 0 radical (unpaired) electrons. The van der Waals surface area contributed by atoms with Crippen LogP contribution in [0.4, 0.5) is 13.2 Å². The van der Waals surface area contributed by atoms with Crippen molar-refractivity contribution in [3.63, 3.8) is 0 Å². The molecule has 19 heavy (non-hydrogen) atoms.